The van der Waals surface area contributed by atoms with E-state index in [2.05, 4.69) is 5.32 Å². The summed E-state index contributed by atoms with van der Waals surface area (Å²) in [7, 11) is -2.16. The van der Waals surface area contributed by atoms with Gasteiger partial charge in [0.15, 0.2) is 0 Å². The fourth-order valence-electron chi connectivity index (χ4n) is 4.64. The molecule has 0 aromatic heterocycles. The molecular weight excluding hydrogens is 557 g/mol. The normalized spacial score (nSPS) is 11.9. The van der Waals surface area contributed by atoms with Gasteiger partial charge in [-0.25, -0.2) is 12.8 Å². The van der Waals surface area contributed by atoms with Crippen LogP contribution in [-0.2, 0) is 32.6 Å². The van der Waals surface area contributed by atoms with Gasteiger partial charge in [-0.3, -0.25) is 13.9 Å². The van der Waals surface area contributed by atoms with E-state index in [0.717, 1.165) is 24.7 Å². The van der Waals surface area contributed by atoms with Gasteiger partial charge in [-0.2, -0.15) is 0 Å². The Kier molecular flexibility index (Phi) is 12.3. The zero-order chi connectivity index (χ0) is 30.5. The number of unbranched alkanes of at least 4 members (excludes halogenated alkanes) is 1. The number of hydrogen-bond donors (Lipinski definition) is 1. The van der Waals surface area contributed by atoms with Gasteiger partial charge in [0.2, 0.25) is 21.8 Å². The predicted molar refractivity (Wildman–Crippen MR) is 163 cm³/mol. The van der Waals surface area contributed by atoms with Crippen LogP contribution in [0, 0.1) is 5.82 Å². The third kappa shape index (κ3) is 9.58. The van der Waals surface area contributed by atoms with Crippen LogP contribution in [0.3, 0.4) is 0 Å². The van der Waals surface area contributed by atoms with Crippen molar-refractivity contribution in [2.24, 2.45) is 0 Å². The molecule has 0 fully saturated rings. The monoisotopic (exact) mass is 597 g/mol. The lowest BCUT2D eigenvalue weighted by Gasteiger charge is -2.32. The summed E-state index contributed by atoms with van der Waals surface area (Å²) in [6.07, 6.45) is 3.18. The summed E-state index contributed by atoms with van der Waals surface area (Å²) >= 11 is 0. The number of rotatable bonds is 16. The number of nitrogens with zero attached hydrogens (tertiary/aromatic N) is 2. The Balaban J connectivity index is 1.88. The predicted octanol–water partition coefficient (Wildman–Crippen LogP) is 4.94. The van der Waals surface area contributed by atoms with Crippen LogP contribution < -0.4 is 14.4 Å². The van der Waals surface area contributed by atoms with Gasteiger partial charge in [-0.15, -0.1) is 0 Å². The molecule has 0 aliphatic rings. The average Bonchev–Trinajstić information content (AvgIpc) is 2.97. The standard InChI is InChI=1S/C32H40FN3O5S/c1-4-5-20-34-32(38)30(22-25-13-7-6-8-14-25)35(24-26-15-9-10-18-29(26)33)31(37)19-12-21-36(42(3,39)40)27-16-11-17-28(23-27)41-2/h6-11,13-18,23,30H,4-5,12,19-22,24H2,1-3H3,(H,34,38). The van der Waals surface area contributed by atoms with E-state index >= 15 is 0 Å². The molecule has 0 radical (unpaired) electrons. The number of methoxy groups -OCH3 is 1. The minimum absolute atomic E-state index is 0.0390. The van der Waals surface area contributed by atoms with Crippen molar-refractivity contribution < 1.29 is 27.1 Å². The second-order valence-electron chi connectivity index (χ2n) is 10.1. The Morgan fingerprint density at radius 3 is 2.36 bits per heavy atom. The van der Waals surface area contributed by atoms with E-state index in [1.807, 2.05) is 37.3 Å². The van der Waals surface area contributed by atoms with Crippen molar-refractivity contribution in [3.63, 3.8) is 0 Å². The fraction of sp³-hybridized carbons (Fsp3) is 0.375. The van der Waals surface area contributed by atoms with Crippen LogP contribution in [0.25, 0.3) is 0 Å². The van der Waals surface area contributed by atoms with E-state index in [4.69, 9.17) is 4.74 Å². The molecule has 0 spiro atoms. The second kappa shape index (κ2) is 15.9. The highest BCUT2D eigenvalue weighted by Crippen LogP contribution is 2.24. The maximum Gasteiger partial charge on any atom is 0.243 e. The Labute approximate surface area is 248 Å². The highest BCUT2D eigenvalue weighted by atomic mass is 32.2. The van der Waals surface area contributed by atoms with Crippen LogP contribution >= 0.6 is 0 Å². The van der Waals surface area contributed by atoms with Gasteiger partial charge in [0.1, 0.15) is 17.6 Å². The number of halogens is 1. The number of anilines is 1. The Morgan fingerprint density at radius 1 is 0.976 bits per heavy atom. The quantitative estimate of drug-likeness (QED) is 0.236. The molecule has 3 aromatic rings. The number of carbonyl (C=O) groups excluding carboxylic acids is 2. The first kappa shape index (κ1) is 32.6. The van der Waals surface area contributed by atoms with Crippen LogP contribution in [0.1, 0.15) is 43.7 Å². The van der Waals surface area contributed by atoms with Crippen molar-refractivity contribution in [3.8, 4) is 5.75 Å². The van der Waals surface area contributed by atoms with E-state index in [-0.39, 0.29) is 44.2 Å². The van der Waals surface area contributed by atoms with Crippen molar-refractivity contribution in [2.75, 3.05) is 30.8 Å². The van der Waals surface area contributed by atoms with Gasteiger partial charge in [0.05, 0.1) is 19.1 Å². The van der Waals surface area contributed by atoms with Gasteiger partial charge in [-0.05, 0) is 36.6 Å². The summed E-state index contributed by atoms with van der Waals surface area (Å²) in [5, 5.41) is 2.94. The molecule has 0 aliphatic carbocycles. The number of amides is 2. The molecule has 1 N–H and O–H groups in total. The molecular formula is C32H40FN3O5S. The topological polar surface area (TPSA) is 96.0 Å². The number of ether oxygens (including phenoxy) is 1. The van der Waals surface area contributed by atoms with Crippen LogP contribution in [0.15, 0.2) is 78.9 Å². The number of sulfonamides is 1. The lowest BCUT2D eigenvalue weighted by atomic mass is 10.0. The molecule has 0 bridgehead atoms. The lowest BCUT2D eigenvalue weighted by molar-refractivity contribution is -0.141. The van der Waals surface area contributed by atoms with Gasteiger partial charge in [0.25, 0.3) is 0 Å². The number of benzene rings is 3. The number of carbonyl (C=O) groups is 2. The van der Waals surface area contributed by atoms with E-state index in [9.17, 15) is 22.4 Å². The van der Waals surface area contributed by atoms with Crippen molar-refractivity contribution in [1.82, 2.24) is 10.2 Å². The number of nitrogens with one attached hydrogen (secondary N) is 1. The van der Waals surface area contributed by atoms with E-state index in [0.29, 0.717) is 23.5 Å². The van der Waals surface area contributed by atoms with E-state index in [1.165, 1.54) is 22.4 Å². The average molecular weight is 598 g/mol. The highest BCUT2D eigenvalue weighted by molar-refractivity contribution is 7.92. The molecule has 8 nitrogen and oxygen atoms in total. The van der Waals surface area contributed by atoms with Gasteiger partial charge < -0.3 is 15.0 Å². The molecule has 1 unspecified atom stereocenters. The highest BCUT2D eigenvalue weighted by Gasteiger charge is 2.31. The SMILES string of the molecule is CCCCNC(=O)C(Cc1ccccc1)N(Cc1ccccc1F)C(=O)CCCN(c1cccc(OC)c1)S(C)(=O)=O. The van der Waals surface area contributed by atoms with E-state index < -0.39 is 21.9 Å². The summed E-state index contributed by atoms with van der Waals surface area (Å²) in [4.78, 5) is 28.8. The Hall–Kier alpha value is -3.92. The fourth-order valence-corrected chi connectivity index (χ4v) is 5.60. The second-order valence-corrected chi connectivity index (χ2v) is 12.0. The molecule has 3 rings (SSSR count). The molecule has 2 amide bonds. The van der Waals surface area contributed by atoms with Crippen molar-refractivity contribution >= 4 is 27.5 Å². The zero-order valence-corrected chi connectivity index (χ0v) is 25.3. The summed E-state index contributed by atoms with van der Waals surface area (Å²) < 4.78 is 46.5. The first-order chi connectivity index (χ1) is 20.1. The third-order valence-corrected chi connectivity index (χ3v) is 8.09. The van der Waals surface area contributed by atoms with E-state index in [1.54, 1.807) is 42.5 Å². The molecule has 42 heavy (non-hydrogen) atoms. The molecule has 0 saturated heterocycles. The first-order valence-electron chi connectivity index (χ1n) is 14.1. The van der Waals surface area contributed by atoms with Gasteiger partial charge in [0, 0.05) is 44.1 Å². The summed E-state index contributed by atoms with van der Waals surface area (Å²) in [6, 6.07) is 21.3. The summed E-state index contributed by atoms with van der Waals surface area (Å²) in [5.41, 5.74) is 1.57. The van der Waals surface area contributed by atoms with Crippen molar-refractivity contribution in [2.45, 2.75) is 51.6 Å². The van der Waals surface area contributed by atoms with Gasteiger partial charge in [-0.1, -0.05) is 67.9 Å². The molecule has 0 saturated carbocycles. The van der Waals surface area contributed by atoms with Gasteiger partial charge >= 0.3 is 0 Å². The van der Waals surface area contributed by atoms with Crippen LogP contribution in [-0.4, -0.2) is 57.6 Å². The lowest BCUT2D eigenvalue weighted by Crippen LogP contribution is -2.50. The van der Waals surface area contributed by atoms with Crippen LogP contribution in [0.2, 0.25) is 0 Å². The minimum Gasteiger partial charge on any atom is -0.497 e. The smallest absolute Gasteiger partial charge is 0.243 e. The molecule has 0 aliphatic heterocycles. The van der Waals surface area contributed by atoms with Crippen LogP contribution in [0.4, 0.5) is 10.1 Å². The molecule has 0 heterocycles. The Bertz CT molecular complexity index is 1420. The maximum atomic E-state index is 14.8. The summed E-state index contributed by atoms with van der Waals surface area (Å²) in [6.45, 7) is 2.42. The van der Waals surface area contributed by atoms with Crippen molar-refractivity contribution in [1.29, 1.82) is 0 Å². The number of hydrogen-bond acceptors (Lipinski definition) is 5. The molecule has 226 valence electrons. The Morgan fingerprint density at radius 2 is 1.69 bits per heavy atom. The molecule has 3 aromatic carbocycles. The molecule has 1 atom stereocenters. The maximum absolute atomic E-state index is 14.8. The molecule has 10 heteroatoms. The largest absolute Gasteiger partial charge is 0.497 e. The first-order valence-corrected chi connectivity index (χ1v) is 15.9. The minimum atomic E-state index is -3.66. The van der Waals surface area contributed by atoms with Crippen molar-refractivity contribution in [3.05, 3.63) is 95.8 Å². The third-order valence-electron chi connectivity index (χ3n) is 6.89. The zero-order valence-electron chi connectivity index (χ0n) is 24.5. The summed E-state index contributed by atoms with van der Waals surface area (Å²) in [5.74, 6) is -0.650. The van der Waals surface area contributed by atoms with Crippen LogP contribution in [0.5, 0.6) is 5.75 Å².